The molecule has 0 saturated heterocycles. The first-order valence-corrected chi connectivity index (χ1v) is 16.9. The highest BCUT2D eigenvalue weighted by Gasteiger charge is 2.35. The van der Waals surface area contributed by atoms with Crippen LogP contribution in [0, 0.1) is 24.7 Å². The van der Waals surface area contributed by atoms with Gasteiger partial charge in [0, 0.05) is 5.71 Å². The van der Waals surface area contributed by atoms with E-state index >= 15 is 0 Å². The number of benzene rings is 2. The Hall–Kier alpha value is -2.67. The molecule has 1 aliphatic rings. The van der Waals surface area contributed by atoms with Crippen molar-refractivity contribution in [3.63, 3.8) is 0 Å². The largest absolute Gasteiger partial charge is 0.306 e. The third-order valence-electron chi connectivity index (χ3n) is 6.87. The van der Waals surface area contributed by atoms with Gasteiger partial charge in [0.2, 0.25) is 0 Å². The molecule has 0 aromatic heterocycles. The summed E-state index contributed by atoms with van der Waals surface area (Å²) in [5.74, 6) is 0. The summed E-state index contributed by atoms with van der Waals surface area (Å²) in [4.78, 5) is 0. The van der Waals surface area contributed by atoms with E-state index in [0.29, 0.717) is 11.1 Å². The van der Waals surface area contributed by atoms with E-state index in [0.717, 1.165) is 0 Å². The van der Waals surface area contributed by atoms with Crippen molar-refractivity contribution in [3.05, 3.63) is 101 Å². The Morgan fingerprint density at radius 2 is 1.12 bits per heavy atom. The average molecular weight is 592 g/mol. The minimum atomic E-state index is 0.519. The number of nitrogens with one attached hydrogen (secondary N) is 1. The van der Waals surface area contributed by atoms with Gasteiger partial charge in [-0.2, -0.15) is 0 Å². The number of allylic oxidation sites excluding steroid dienone is 4. The first-order chi connectivity index (χ1) is 20.3. The van der Waals surface area contributed by atoms with E-state index in [-0.39, 0.29) is 0 Å². The lowest BCUT2D eigenvalue weighted by Crippen LogP contribution is -2.20. The van der Waals surface area contributed by atoms with Gasteiger partial charge in [0.05, 0.1) is 0 Å². The van der Waals surface area contributed by atoms with Crippen molar-refractivity contribution in [3.8, 4) is 0 Å². The van der Waals surface area contributed by atoms with E-state index in [1.54, 1.807) is 18.1 Å². The van der Waals surface area contributed by atoms with Crippen molar-refractivity contribution in [1.29, 1.82) is 5.41 Å². The van der Waals surface area contributed by atoms with Crippen LogP contribution in [0.2, 0.25) is 0 Å². The van der Waals surface area contributed by atoms with Crippen molar-refractivity contribution >= 4 is 11.3 Å². The fourth-order valence-corrected chi connectivity index (χ4v) is 4.74. The zero-order valence-electron chi connectivity index (χ0n) is 31.8. The molecule has 3 rings (SSSR count). The van der Waals surface area contributed by atoms with Crippen molar-refractivity contribution in [2.75, 3.05) is 0 Å². The molecule has 0 spiro atoms. The van der Waals surface area contributed by atoms with Crippen LogP contribution in [0.5, 0.6) is 0 Å². The molecule has 246 valence electrons. The van der Waals surface area contributed by atoms with E-state index in [4.69, 9.17) is 5.41 Å². The highest BCUT2D eigenvalue weighted by molar-refractivity contribution is 5.89. The lowest BCUT2D eigenvalue weighted by atomic mass is 9.77. The van der Waals surface area contributed by atoms with Gasteiger partial charge < -0.3 is 5.41 Å². The van der Waals surface area contributed by atoms with Crippen LogP contribution in [0.3, 0.4) is 0 Å². The fourth-order valence-electron chi connectivity index (χ4n) is 4.74. The maximum absolute atomic E-state index is 6.62. The van der Waals surface area contributed by atoms with Crippen molar-refractivity contribution < 1.29 is 0 Å². The van der Waals surface area contributed by atoms with Crippen LogP contribution in [0.15, 0.2) is 72.8 Å². The van der Waals surface area contributed by atoms with Gasteiger partial charge in [-0.3, -0.25) is 0 Å². The maximum Gasteiger partial charge on any atom is 0.0277 e. The number of hydrogen-bond acceptors (Lipinski definition) is 1. The van der Waals surface area contributed by atoms with Gasteiger partial charge in [-0.15, -0.1) is 6.58 Å². The molecule has 0 heterocycles. The molecule has 2 aromatic rings. The Bertz CT molecular complexity index is 994. The van der Waals surface area contributed by atoms with E-state index in [2.05, 4.69) is 104 Å². The summed E-state index contributed by atoms with van der Waals surface area (Å²) in [6, 6.07) is 15.5. The summed E-state index contributed by atoms with van der Waals surface area (Å²) in [5.41, 5.74) is 12.5. The van der Waals surface area contributed by atoms with E-state index in [9.17, 15) is 0 Å². The van der Waals surface area contributed by atoms with Crippen LogP contribution >= 0.6 is 0 Å². The Kier molecular flexibility index (Phi) is 32.3. The minimum Gasteiger partial charge on any atom is -0.306 e. The summed E-state index contributed by atoms with van der Waals surface area (Å²) in [5, 5.41) is 6.62. The quantitative estimate of drug-likeness (QED) is 0.255. The molecule has 0 aliphatic heterocycles. The van der Waals surface area contributed by atoms with Gasteiger partial charge in [0.15, 0.2) is 0 Å². The number of hydrogen-bond donors (Lipinski definition) is 1. The first kappa shape index (κ1) is 47.3. The summed E-state index contributed by atoms with van der Waals surface area (Å²) < 4.78 is 0. The van der Waals surface area contributed by atoms with Crippen molar-refractivity contribution in [2.24, 2.45) is 5.41 Å². The van der Waals surface area contributed by atoms with E-state index < -0.39 is 0 Å². The predicted molar refractivity (Wildman–Crippen MR) is 204 cm³/mol. The third kappa shape index (κ3) is 21.6. The van der Waals surface area contributed by atoms with E-state index in [1.165, 1.54) is 78.0 Å². The fraction of sp³-hybridized carbons (Fsp3) is 0.548. The summed E-state index contributed by atoms with van der Waals surface area (Å²) in [6.07, 6.45) is 9.60. The summed E-state index contributed by atoms with van der Waals surface area (Å²) in [7, 11) is 0. The molecule has 1 heteroatoms. The van der Waals surface area contributed by atoms with Crippen molar-refractivity contribution in [1.82, 2.24) is 0 Å². The summed E-state index contributed by atoms with van der Waals surface area (Å²) >= 11 is 0. The molecule has 0 saturated carbocycles. The monoisotopic (exact) mass is 592 g/mol. The van der Waals surface area contributed by atoms with Crippen LogP contribution in [-0.2, 0) is 12.8 Å². The average Bonchev–Trinajstić information content (AvgIpc) is 3.36. The second kappa shape index (κ2) is 29.4. The van der Waals surface area contributed by atoms with Crippen LogP contribution in [0.25, 0.3) is 5.57 Å². The molecular formula is C42H73N. The zero-order chi connectivity index (χ0) is 34.6. The Labute approximate surface area is 271 Å². The smallest absolute Gasteiger partial charge is 0.0277 e. The number of aryl methyl sites for hydroxylation is 1. The normalized spacial score (nSPS) is 11.0. The first-order valence-electron chi connectivity index (χ1n) is 16.9. The van der Waals surface area contributed by atoms with Crippen LogP contribution in [0.4, 0.5) is 0 Å². The SMILES string of the molecule is C=C(C)C.C=CC(C)=N.CC.CC.CC.CC(C)=C(C)c1cccc(C)c1C.CCCC1(CCC)Cc2ccccc2C1. The molecule has 1 nitrogen and oxygen atoms in total. The molecule has 2 aromatic carbocycles. The van der Waals surface area contributed by atoms with Gasteiger partial charge >= 0.3 is 0 Å². The molecule has 1 N–H and O–H groups in total. The standard InChI is InChI=1S/C15H22.C13H18.C4H7N.C4H8.3C2H6/c1-3-9-15(10-4-2)11-13-7-5-6-8-14(13)12-15;1-9(2)11(4)13-8-6-7-10(3)12(13)5;1-3-4(2)5;1-4(2)3;3*1-2/h5-8H,3-4,9-12H2,1-2H3;6-8H,1-5H3;3,5H,1H2,2H3;1H2,2-3H3;3*1-2H3. The van der Waals surface area contributed by atoms with Gasteiger partial charge in [0.25, 0.3) is 0 Å². The Morgan fingerprint density at radius 1 is 0.744 bits per heavy atom. The van der Waals surface area contributed by atoms with Crippen molar-refractivity contribution in [2.45, 2.75) is 149 Å². The predicted octanol–water partition coefficient (Wildman–Crippen LogP) is 14.4. The second-order valence-electron chi connectivity index (χ2n) is 11.1. The number of rotatable bonds is 6. The lowest BCUT2D eigenvalue weighted by molar-refractivity contribution is 0.250. The van der Waals surface area contributed by atoms with Gasteiger partial charge in [-0.05, 0) is 126 Å². The molecule has 0 atom stereocenters. The minimum absolute atomic E-state index is 0.519. The lowest BCUT2D eigenvalue weighted by Gasteiger charge is -2.28. The van der Waals surface area contributed by atoms with Crippen LogP contribution < -0.4 is 0 Å². The van der Waals surface area contributed by atoms with Gasteiger partial charge in [-0.1, -0.05) is 128 Å². The second-order valence-corrected chi connectivity index (χ2v) is 11.1. The molecule has 0 bridgehead atoms. The molecule has 1 aliphatic carbocycles. The number of fused-ring (bicyclic) bond motifs is 1. The van der Waals surface area contributed by atoms with E-state index in [1.807, 2.05) is 55.4 Å². The summed E-state index contributed by atoms with van der Waals surface area (Å²) in [6.45, 7) is 40.0. The topological polar surface area (TPSA) is 23.9 Å². The van der Waals surface area contributed by atoms with Gasteiger partial charge in [0.1, 0.15) is 0 Å². The Morgan fingerprint density at radius 3 is 1.42 bits per heavy atom. The molecular weight excluding hydrogens is 518 g/mol. The highest BCUT2D eigenvalue weighted by Crippen LogP contribution is 2.43. The molecule has 0 amide bonds. The van der Waals surface area contributed by atoms with Crippen LogP contribution in [0.1, 0.15) is 150 Å². The molecule has 0 fully saturated rings. The molecule has 43 heavy (non-hydrogen) atoms. The molecule has 0 unspecified atom stereocenters. The van der Waals surface area contributed by atoms with Crippen LogP contribution in [-0.4, -0.2) is 5.71 Å². The Balaban J connectivity index is -0.000000246. The van der Waals surface area contributed by atoms with Gasteiger partial charge in [-0.25, -0.2) is 0 Å². The third-order valence-corrected chi connectivity index (χ3v) is 6.87. The molecule has 0 radical (unpaired) electrons. The maximum atomic E-state index is 6.62. The highest BCUT2D eigenvalue weighted by atomic mass is 14.4. The zero-order valence-corrected chi connectivity index (χ0v) is 31.8.